The van der Waals surface area contributed by atoms with Gasteiger partial charge in [-0.05, 0) is 42.9 Å². The van der Waals surface area contributed by atoms with Gasteiger partial charge in [0.15, 0.2) is 0 Å². The number of imidazole rings is 1. The van der Waals surface area contributed by atoms with E-state index in [4.69, 9.17) is 0 Å². The maximum atomic E-state index is 13.0. The minimum atomic E-state index is -0.183. The van der Waals surface area contributed by atoms with E-state index in [9.17, 15) is 4.79 Å². The molecular formula is C25H33N7O. The number of anilines is 2. The van der Waals surface area contributed by atoms with Gasteiger partial charge in [-0.1, -0.05) is 38.3 Å². The fraction of sp³-hybridized carbons (Fsp3) is 0.440. The van der Waals surface area contributed by atoms with Crippen molar-refractivity contribution in [1.29, 1.82) is 0 Å². The number of nitrogens with one attached hydrogen (secondary N) is 3. The monoisotopic (exact) mass is 447 g/mol. The number of benzene rings is 1. The molecule has 8 nitrogen and oxygen atoms in total. The summed E-state index contributed by atoms with van der Waals surface area (Å²) in [7, 11) is 0. The van der Waals surface area contributed by atoms with E-state index in [0.717, 1.165) is 43.1 Å². The van der Waals surface area contributed by atoms with Gasteiger partial charge in [0.2, 0.25) is 5.95 Å². The highest BCUT2D eigenvalue weighted by Crippen LogP contribution is 2.19. The van der Waals surface area contributed by atoms with Gasteiger partial charge in [0.25, 0.3) is 5.91 Å². The first-order valence-corrected chi connectivity index (χ1v) is 11.9. The average molecular weight is 448 g/mol. The molecule has 33 heavy (non-hydrogen) atoms. The third-order valence-electron chi connectivity index (χ3n) is 6.05. The summed E-state index contributed by atoms with van der Waals surface area (Å²) in [5.74, 6) is 1.70. The third kappa shape index (κ3) is 6.54. The Kier molecular flexibility index (Phi) is 7.90. The maximum absolute atomic E-state index is 13.0. The van der Waals surface area contributed by atoms with E-state index in [2.05, 4.69) is 37.8 Å². The van der Waals surface area contributed by atoms with Gasteiger partial charge in [-0.15, -0.1) is 0 Å². The summed E-state index contributed by atoms with van der Waals surface area (Å²) in [5, 5.41) is 9.66. The lowest BCUT2D eigenvalue weighted by atomic mass is 9.98. The molecule has 1 amide bonds. The molecule has 0 aliphatic carbocycles. The summed E-state index contributed by atoms with van der Waals surface area (Å²) in [4.78, 5) is 26.0. The predicted molar refractivity (Wildman–Crippen MR) is 131 cm³/mol. The van der Waals surface area contributed by atoms with Crippen molar-refractivity contribution >= 4 is 17.7 Å². The molecule has 1 aliphatic heterocycles. The van der Waals surface area contributed by atoms with E-state index in [-0.39, 0.29) is 5.91 Å². The molecule has 1 atom stereocenters. The first-order valence-electron chi connectivity index (χ1n) is 11.9. The number of amides is 1. The Bertz CT molecular complexity index is 1020. The molecule has 0 saturated carbocycles. The highest BCUT2D eigenvalue weighted by molar-refractivity contribution is 5.98. The van der Waals surface area contributed by atoms with Crippen LogP contribution in [0.3, 0.4) is 0 Å². The van der Waals surface area contributed by atoms with E-state index in [0.29, 0.717) is 23.9 Å². The normalized spacial score (nSPS) is 17.3. The number of rotatable bonds is 4. The van der Waals surface area contributed by atoms with Crippen molar-refractivity contribution in [1.82, 2.24) is 24.8 Å². The van der Waals surface area contributed by atoms with Crippen LogP contribution in [0.1, 0.15) is 61.4 Å². The van der Waals surface area contributed by atoms with Crippen LogP contribution in [0.25, 0.3) is 5.69 Å². The molecule has 1 aromatic carbocycles. The highest BCUT2D eigenvalue weighted by Gasteiger charge is 2.15. The van der Waals surface area contributed by atoms with Crippen LogP contribution in [0.4, 0.5) is 11.8 Å². The summed E-state index contributed by atoms with van der Waals surface area (Å²) in [6.07, 6.45) is 14.1. The quantitative estimate of drug-likeness (QED) is 0.548. The van der Waals surface area contributed by atoms with Gasteiger partial charge in [-0.2, -0.15) is 4.98 Å². The average Bonchev–Trinajstić information content (AvgIpc) is 3.37. The number of fused-ring (bicyclic) bond motifs is 2. The lowest BCUT2D eigenvalue weighted by Crippen LogP contribution is -2.25. The predicted octanol–water partition coefficient (Wildman–Crippen LogP) is 4.41. The minimum absolute atomic E-state index is 0.183. The van der Waals surface area contributed by atoms with Gasteiger partial charge in [-0.25, -0.2) is 9.97 Å². The van der Waals surface area contributed by atoms with Crippen LogP contribution in [-0.2, 0) is 6.54 Å². The fourth-order valence-corrected chi connectivity index (χ4v) is 4.04. The van der Waals surface area contributed by atoms with E-state index < -0.39 is 0 Å². The summed E-state index contributed by atoms with van der Waals surface area (Å²) in [6, 6.07) is 8.03. The number of nitrogens with zero attached hydrogens (tertiary/aromatic N) is 4. The lowest BCUT2D eigenvalue weighted by molar-refractivity contribution is 0.0951. The van der Waals surface area contributed by atoms with Crippen LogP contribution in [0.2, 0.25) is 0 Å². The smallest absolute Gasteiger partial charge is 0.256 e. The van der Waals surface area contributed by atoms with Crippen LogP contribution in [0.15, 0.2) is 49.2 Å². The second-order valence-corrected chi connectivity index (χ2v) is 8.73. The van der Waals surface area contributed by atoms with Gasteiger partial charge in [0, 0.05) is 43.9 Å². The Morgan fingerprint density at radius 2 is 1.91 bits per heavy atom. The molecule has 8 heteroatoms. The number of hydrogen-bond acceptors (Lipinski definition) is 6. The van der Waals surface area contributed by atoms with Crippen LogP contribution in [-0.4, -0.2) is 38.5 Å². The Labute approximate surface area is 195 Å². The Morgan fingerprint density at radius 3 is 2.73 bits per heavy atom. The molecule has 3 aromatic rings. The van der Waals surface area contributed by atoms with E-state index in [1.165, 1.54) is 25.7 Å². The van der Waals surface area contributed by atoms with Gasteiger partial charge in [0.05, 0.1) is 6.33 Å². The van der Waals surface area contributed by atoms with Gasteiger partial charge >= 0.3 is 0 Å². The number of carbonyl (C=O) groups excluding carboxylic acids is 1. The molecule has 1 aliphatic rings. The van der Waals surface area contributed by atoms with E-state index >= 15 is 0 Å². The SMILES string of the molecule is CC1CCCCCNc2ncc(C(=O)NCc3ccc(-n4ccnc4)cc3)c(n2)NCCC1. The molecule has 174 valence electrons. The van der Waals surface area contributed by atoms with Crippen molar-refractivity contribution in [2.45, 2.75) is 52.0 Å². The van der Waals surface area contributed by atoms with Crippen molar-refractivity contribution in [3.8, 4) is 5.69 Å². The van der Waals surface area contributed by atoms with Crippen LogP contribution < -0.4 is 16.0 Å². The molecule has 3 N–H and O–H groups in total. The van der Waals surface area contributed by atoms with Crippen molar-refractivity contribution < 1.29 is 4.79 Å². The Hall–Kier alpha value is -3.42. The summed E-state index contributed by atoms with van der Waals surface area (Å²) in [6.45, 7) is 4.39. The maximum Gasteiger partial charge on any atom is 0.256 e. The molecule has 0 fully saturated rings. The molecular weight excluding hydrogens is 414 g/mol. The first kappa shape index (κ1) is 22.8. The van der Waals surface area contributed by atoms with Crippen LogP contribution in [0, 0.1) is 5.92 Å². The zero-order chi connectivity index (χ0) is 22.9. The Balaban J connectivity index is 1.40. The zero-order valence-electron chi connectivity index (χ0n) is 19.3. The highest BCUT2D eigenvalue weighted by atomic mass is 16.1. The molecule has 3 heterocycles. The topological polar surface area (TPSA) is 96.8 Å². The molecule has 0 spiro atoms. The van der Waals surface area contributed by atoms with Gasteiger partial charge in [0.1, 0.15) is 11.4 Å². The standard InChI is InChI=1S/C25H33N7O/c1-19-6-3-2-4-12-28-25-30-17-22(23(31-25)27-13-5-7-19)24(33)29-16-20-8-10-21(11-9-20)32-15-14-26-18-32/h8-11,14-15,17-19H,2-7,12-13,16H2,1H3,(H,29,33)(H2,27,28,30,31). The number of hydrogen-bond donors (Lipinski definition) is 3. The molecule has 0 saturated heterocycles. The largest absolute Gasteiger partial charge is 0.369 e. The van der Waals surface area contributed by atoms with Crippen molar-refractivity contribution in [2.24, 2.45) is 5.92 Å². The first-order chi connectivity index (χ1) is 16.2. The minimum Gasteiger partial charge on any atom is -0.369 e. The lowest BCUT2D eigenvalue weighted by Gasteiger charge is -2.16. The Morgan fingerprint density at radius 1 is 1.09 bits per heavy atom. The second-order valence-electron chi connectivity index (χ2n) is 8.73. The van der Waals surface area contributed by atoms with Crippen molar-refractivity contribution in [3.63, 3.8) is 0 Å². The van der Waals surface area contributed by atoms with Crippen LogP contribution in [0.5, 0.6) is 0 Å². The second kappa shape index (κ2) is 11.4. The van der Waals surface area contributed by atoms with Crippen LogP contribution >= 0.6 is 0 Å². The zero-order valence-corrected chi connectivity index (χ0v) is 19.3. The van der Waals surface area contributed by atoms with Gasteiger partial charge < -0.3 is 20.5 Å². The number of carbonyl (C=O) groups is 1. The molecule has 2 bridgehead atoms. The molecule has 0 radical (unpaired) electrons. The van der Waals surface area contributed by atoms with E-state index in [1.54, 1.807) is 18.7 Å². The number of aromatic nitrogens is 4. The van der Waals surface area contributed by atoms with Crippen molar-refractivity contribution in [2.75, 3.05) is 23.7 Å². The summed E-state index contributed by atoms with van der Waals surface area (Å²) < 4.78 is 1.94. The van der Waals surface area contributed by atoms with Gasteiger partial charge in [-0.3, -0.25) is 4.79 Å². The fourth-order valence-electron chi connectivity index (χ4n) is 4.04. The third-order valence-corrected chi connectivity index (χ3v) is 6.05. The van der Waals surface area contributed by atoms with E-state index in [1.807, 2.05) is 35.0 Å². The molecule has 1 unspecified atom stereocenters. The summed E-state index contributed by atoms with van der Waals surface area (Å²) >= 11 is 0. The molecule has 4 rings (SSSR count). The van der Waals surface area contributed by atoms with Crippen molar-refractivity contribution in [3.05, 3.63) is 60.3 Å². The molecule has 2 aromatic heterocycles. The summed E-state index contributed by atoms with van der Waals surface area (Å²) in [5.41, 5.74) is 2.51.